The van der Waals surface area contributed by atoms with E-state index in [1.165, 1.54) is 11.1 Å². The molecule has 0 radical (unpaired) electrons. The number of benzene rings is 1. The Balaban J connectivity index is 2.02. The van der Waals surface area contributed by atoms with Gasteiger partial charge in [-0.2, -0.15) is 0 Å². The van der Waals surface area contributed by atoms with E-state index in [-0.39, 0.29) is 0 Å². The number of aryl methyl sites for hydroxylation is 1. The molecule has 0 aliphatic heterocycles. The Bertz CT molecular complexity index is 531. The van der Waals surface area contributed by atoms with Crippen molar-refractivity contribution in [1.82, 2.24) is 14.9 Å². The van der Waals surface area contributed by atoms with E-state index in [2.05, 4.69) is 53.0 Å². The van der Waals surface area contributed by atoms with Crippen molar-refractivity contribution >= 4 is 11.8 Å². The molecule has 0 aliphatic rings. The smallest absolute Gasteiger partial charge is 0.167 e. The maximum absolute atomic E-state index is 4.35. The van der Waals surface area contributed by atoms with Gasteiger partial charge in [0, 0.05) is 31.2 Å². The molecule has 1 aromatic carbocycles. The Hall–Kier alpha value is -1.26. The van der Waals surface area contributed by atoms with Crippen LogP contribution in [-0.4, -0.2) is 22.4 Å². The van der Waals surface area contributed by atoms with Crippen LogP contribution in [0.15, 0.2) is 41.8 Å². The fraction of sp³-hybridized carbons (Fsp3) is 0.438. The van der Waals surface area contributed by atoms with E-state index in [9.17, 15) is 0 Å². The summed E-state index contributed by atoms with van der Waals surface area (Å²) in [6.07, 6.45) is 3.82. The molecule has 0 saturated carbocycles. The van der Waals surface area contributed by atoms with Crippen LogP contribution in [-0.2, 0) is 7.05 Å². The van der Waals surface area contributed by atoms with Crippen molar-refractivity contribution in [3.63, 3.8) is 0 Å². The summed E-state index contributed by atoms with van der Waals surface area (Å²) >= 11 is 1.78. The first-order chi connectivity index (χ1) is 9.61. The molecule has 3 nitrogen and oxygen atoms in total. The Labute approximate surface area is 125 Å². The maximum Gasteiger partial charge on any atom is 0.167 e. The van der Waals surface area contributed by atoms with Crippen LogP contribution in [0.2, 0.25) is 0 Å². The summed E-state index contributed by atoms with van der Waals surface area (Å²) in [4.78, 5) is 4.35. The lowest BCUT2D eigenvalue weighted by atomic mass is 10.00. The van der Waals surface area contributed by atoms with Crippen LogP contribution in [0.3, 0.4) is 0 Å². The zero-order valence-corrected chi connectivity index (χ0v) is 13.4. The second kappa shape index (κ2) is 6.95. The average Bonchev–Trinajstić information content (AvgIpc) is 2.85. The van der Waals surface area contributed by atoms with Crippen molar-refractivity contribution in [3.8, 4) is 0 Å². The third-order valence-electron chi connectivity index (χ3n) is 3.51. The summed E-state index contributed by atoms with van der Waals surface area (Å²) in [5.41, 5.74) is 2.72. The van der Waals surface area contributed by atoms with Gasteiger partial charge in [-0.3, -0.25) is 0 Å². The molecule has 0 aliphatic carbocycles. The fourth-order valence-electron chi connectivity index (χ4n) is 2.11. The van der Waals surface area contributed by atoms with Gasteiger partial charge in [-0.15, -0.1) is 0 Å². The number of hydrogen-bond acceptors (Lipinski definition) is 3. The van der Waals surface area contributed by atoms with Gasteiger partial charge in [0.25, 0.3) is 0 Å². The van der Waals surface area contributed by atoms with Crippen molar-refractivity contribution < 1.29 is 0 Å². The molecule has 1 unspecified atom stereocenters. The molecule has 0 bridgehead atoms. The Morgan fingerprint density at radius 1 is 1.20 bits per heavy atom. The molecule has 0 fully saturated rings. The molecule has 2 rings (SSSR count). The summed E-state index contributed by atoms with van der Waals surface area (Å²) in [7, 11) is 4.04. The van der Waals surface area contributed by atoms with Crippen LogP contribution in [0.1, 0.15) is 36.9 Å². The minimum Gasteiger partial charge on any atom is -0.329 e. The molecular formula is C16H23N3S. The van der Waals surface area contributed by atoms with Gasteiger partial charge in [-0.1, -0.05) is 49.9 Å². The van der Waals surface area contributed by atoms with Crippen molar-refractivity contribution in [2.45, 2.75) is 31.0 Å². The van der Waals surface area contributed by atoms with Gasteiger partial charge in [0.2, 0.25) is 0 Å². The topological polar surface area (TPSA) is 29.9 Å². The predicted octanol–water partition coefficient (Wildman–Crippen LogP) is 3.60. The average molecular weight is 289 g/mol. The monoisotopic (exact) mass is 289 g/mol. The first-order valence-electron chi connectivity index (χ1n) is 6.99. The van der Waals surface area contributed by atoms with E-state index in [0.717, 1.165) is 10.9 Å². The summed E-state index contributed by atoms with van der Waals surface area (Å²) in [5.74, 6) is 1.56. The van der Waals surface area contributed by atoms with Crippen molar-refractivity contribution in [2.75, 3.05) is 12.8 Å². The summed E-state index contributed by atoms with van der Waals surface area (Å²) in [6.45, 7) is 4.45. The number of rotatable bonds is 6. The van der Waals surface area contributed by atoms with Gasteiger partial charge in [0.15, 0.2) is 5.16 Å². The van der Waals surface area contributed by atoms with Crippen LogP contribution in [0.4, 0.5) is 0 Å². The largest absolute Gasteiger partial charge is 0.329 e. The van der Waals surface area contributed by atoms with E-state index in [1.807, 2.05) is 26.5 Å². The van der Waals surface area contributed by atoms with Gasteiger partial charge in [-0.25, -0.2) is 4.98 Å². The SMILES string of the molecule is CNC(CSc1nccn1C)c1ccc(C(C)C)cc1. The van der Waals surface area contributed by atoms with Crippen LogP contribution in [0, 0.1) is 0 Å². The zero-order chi connectivity index (χ0) is 14.5. The fourth-order valence-corrected chi connectivity index (χ4v) is 3.18. The zero-order valence-electron chi connectivity index (χ0n) is 12.6. The Morgan fingerprint density at radius 3 is 2.35 bits per heavy atom. The van der Waals surface area contributed by atoms with Crippen LogP contribution < -0.4 is 5.32 Å². The number of nitrogens with zero attached hydrogens (tertiary/aromatic N) is 2. The van der Waals surface area contributed by atoms with Crippen molar-refractivity contribution in [2.24, 2.45) is 7.05 Å². The molecule has 108 valence electrons. The molecule has 0 amide bonds. The maximum atomic E-state index is 4.35. The number of hydrogen-bond donors (Lipinski definition) is 1. The standard InChI is InChI=1S/C16H23N3S/c1-12(2)13-5-7-14(8-6-13)15(17-3)11-20-16-18-9-10-19(16)4/h5-10,12,15,17H,11H2,1-4H3. The molecule has 1 atom stereocenters. The third kappa shape index (κ3) is 3.64. The number of thioether (sulfide) groups is 1. The van der Waals surface area contributed by atoms with Gasteiger partial charge in [0.05, 0.1) is 0 Å². The lowest BCUT2D eigenvalue weighted by Gasteiger charge is -2.17. The highest BCUT2D eigenvalue weighted by Crippen LogP contribution is 2.24. The van der Waals surface area contributed by atoms with E-state index in [1.54, 1.807) is 11.8 Å². The summed E-state index contributed by atoms with van der Waals surface area (Å²) in [5, 5.41) is 4.45. The normalized spacial score (nSPS) is 12.8. The third-order valence-corrected chi connectivity index (χ3v) is 4.66. The molecule has 0 spiro atoms. The van der Waals surface area contributed by atoms with E-state index >= 15 is 0 Å². The first kappa shape index (κ1) is 15.1. The van der Waals surface area contributed by atoms with Crippen LogP contribution >= 0.6 is 11.8 Å². The molecule has 4 heteroatoms. The van der Waals surface area contributed by atoms with Crippen LogP contribution in [0.25, 0.3) is 0 Å². The molecule has 2 aromatic rings. The minimum atomic E-state index is 0.345. The van der Waals surface area contributed by atoms with Gasteiger partial charge < -0.3 is 9.88 Å². The molecule has 0 saturated heterocycles. The lowest BCUT2D eigenvalue weighted by molar-refractivity contribution is 0.658. The highest BCUT2D eigenvalue weighted by Gasteiger charge is 2.11. The molecule has 1 N–H and O–H groups in total. The molecular weight excluding hydrogens is 266 g/mol. The quantitative estimate of drug-likeness (QED) is 0.824. The number of imidazole rings is 1. The summed E-state index contributed by atoms with van der Waals surface area (Å²) < 4.78 is 2.05. The molecule has 20 heavy (non-hydrogen) atoms. The van der Waals surface area contributed by atoms with Crippen LogP contribution in [0.5, 0.6) is 0 Å². The van der Waals surface area contributed by atoms with Crippen molar-refractivity contribution in [1.29, 1.82) is 0 Å². The second-order valence-electron chi connectivity index (χ2n) is 5.29. The predicted molar refractivity (Wildman–Crippen MR) is 86.3 cm³/mol. The number of aromatic nitrogens is 2. The van der Waals surface area contributed by atoms with E-state index in [0.29, 0.717) is 12.0 Å². The summed E-state index contributed by atoms with van der Waals surface area (Å²) in [6, 6.07) is 9.27. The Kier molecular flexibility index (Phi) is 5.26. The highest BCUT2D eigenvalue weighted by atomic mass is 32.2. The highest BCUT2D eigenvalue weighted by molar-refractivity contribution is 7.99. The van der Waals surface area contributed by atoms with E-state index in [4.69, 9.17) is 0 Å². The lowest BCUT2D eigenvalue weighted by Crippen LogP contribution is -2.19. The van der Waals surface area contributed by atoms with Gasteiger partial charge in [0.1, 0.15) is 0 Å². The van der Waals surface area contributed by atoms with E-state index < -0.39 is 0 Å². The van der Waals surface area contributed by atoms with Crippen molar-refractivity contribution in [3.05, 3.63) is 47.8 Å². The molecule has 1 aromatic heterocycles. The Morgan fingerprint density at radius 2 is 1.85 bits per heavy atom. The van der Waals surface area contributed by atoms with Gasteiger partial charge in [-0.05, 0) is 24.1 Å². The first-order valence-corrected chi connectivity index (χ1v) is 7.97. The molecule has 1 heterocycles. The minimum absolute atomic E-state index is 0.345. The second-order valence-corrected chi connectivity index (χ2v) is 6.28. The van der Waals surface area contributed by atoms with Gasteiger partial charge >= 0.3 is 0 Å². The number of nitrogens with one attached hydrogen (secondary N) is 1.